The molecular formula is C13H24ClN3O. The fraction of sp³-hybridized carbons (Fsp3) is 0.769. The van der Waals surface area contributed by atoms with Crippen molar-refractivity contribution in [3.8, 4) is 0 Å². The minimum absolute atomic E-state index is 0.150. The number of nitrogens with zero attached hydrogens (tertiary/aromatic N) is 3. The third-order valence-electron chi connectivity index (χ3n) is 3.42. The number of hydrogen-bond acceptors (Lipinski definition) is 3. The molecule has 1 heterocycles. The average molecular weight is 274 g/mol. The van der Waals surface area contributed by atoms with E-state index in [1.165, 1.54) is 0 Å². The lowest BCUT2D eigenvalue weighted by Crippen LogP contribution is -2.23. The molecule has 0 aromatic carbocycles. The predicted molar refractivity (Wildman–Crippen MR) is 74.8 cm³/mol. The lowest BCUT2D eigenvalue weighted by atomic mass is 9.90. The summed E-state index contributed by atoms with van der Waals surface area (Å²) in [6, 6.07) is 0. The minimum atomic E-state index is -0.567. The van der Waals surface area contributed by atoms with Crippen LogP contribution in [0, 0.1) is 11.8 Å². The van der Waals surface area contributed by atoms with Crippen LogP contribution in [0.4, 0.5) is 0 Å². The Labute approximate surface area is 115 Å². The van der Waals surface area contributed by atoms with Crippen LogP contribution in [-0.2, 0) is 6.54 Å². The van der Waals surface area contributed by atoms with Gasteiger partial charge in [-0.3, -0.25) is 4.68 Å². The molecule has 2 atom stereocenters. The standard InChI is InChI=1S/C13H24ClN3O/c1-9(2)10(3)13(18)12-11(14)8-15-17(12)7-6-16(4)5/h8-10,13,18H,6-7H2,1-5H3. The first-order valence-electron chi connectivity index (χ1n) is 6.38. The summed E-state index contributed by atoms with van der Waals surface area (Å²) in [5.41, 5.74) is 0.736. The lowest BCUT2D eigenvalue weighted by molar-refractivity contribution is 0.0831. The summed E-state index contributed by atoms with van der Waals surface area (Å²) in [6.07, 6.45) is 1.05. The molecule has 0 saturated carbocycles. The highest BCUT2D eigenvalue weighted by atomic mass is 35.5. The van der Waals surface area contributed by atoms with Crippen molar-refractivity contribution in [1.29, 1.82) is 0 Å². The second-order valence-electron chi connectivity index (χ2n) is 5.45. The molecule has 0 spiro atoms. The molecule has 1 N–H and O–H groups in total. The quantitative estimate of drug-likeness (QED) is 0.866. The molecule has 0 fully saturated rings. The highest BCUT2D eigenvalue weighted by Crippen LogP contribution is 2.31. The van der Waals surface area contributed by atoms with Crippen molar-refractivity contribution >= 4 is 11.6 Å². The molecule has 0 amide bonds. The summed E-state index contributed by atoms with van der Waals surface area (Å²) in [6.45, 7) is 7.84. The molecule has 104 valence electrons. The second-order valence-corrected chi connectivity index (χ2v) is 5.86. The van der Waals surface area contributed by atoms with Gasteiger partial charge in [-0.1, -0.05) is 32.4 Å². The van der Waals surface area contributed by atoms with Gasteiger partial charge in [0, 0.05) is 6.54 Å². The van der Waals surface area contributed by atoms with E-state index >= 15 is 0 Å². The van der Waals surface area contributed by atoms with E-state index in [-0.39, 0.29) is 5.92 Å². The molecule has 5 heteroatoms. The molecule has 2 unspecified atom stereocenters. The minimum Gasteiger partial charge on any atom is -0.386 e. The monoisotopic (exact) mass is 273 g/mol. The number of aromatic nitrogens is 2. The third-order valence-corrected chi connectivity index (χ3v) is 3.71. The van der Waals surface area contributed by atoms with Gasteiger partial charge in [0.25, 0.3) is 0 Å². The van der Waals surface area contributed by atoms with Gasteiger partial charge in [0.15, 0.2) is 0 Å². The maximum atomic E-state index is 10.4. The van der Waals surface area contributed by atoms with Crippen LogP contribution in [0.5, 0.6) is 0 Å². The summed E-state index contributed by atoms with van der Waals surface area (Å²) in [4.78, 5) is 2.08. The normalized spacial score (nSPS) is 15.4. The van der Waals surface area contributed by atoms with E-state index in [0.29, 0.717) is 10.9 Å². The molecule has 1 aromatic rings. The first kappa shape index (κ1) is 15.5. The Morgan fingerprint density at radius 2 is 2.00 bits per heavy atom. The largest absolute Gasteiger partial charge is 0.386 e. The van der Waals surface area contributed by atoms with Crippen molar-refractivity contribution < 1.29 is 5.11 Å². The van der Waals surface area contributed by atoms with Crippen molar-refractivity contribution in [1.82, 2.24) is 14.7 Å². The Kier molecular flexibility index (Phi) is 5.63. The van der Waals surface area contributed by atoms with E-state index in [4.69, 9.17) is 11.6 Å². The van der Waals surface area contributed by atoms with Gasteiger partial charge in [-0.15, -0.1) is 0 Å². The molecular weight excluding hydrogens is 250 g/mol. The number of likely N-dealkylation sites (N-methyl/N-ethyl adjacent to an activating group) is 1. The van der Waals surface area contributed by atoms with Crippen LogP contribution in [0.15, 0.2) is 6.20 Å². The van der Waals surface area contributed by atoms with Crippen LogP contribution in [0.3, 0.4) is 0 Å². The van der Waals surface area contributed by atoms with Crippen LogP contribution in [0.2, 0.25) is 5.02 Å². The molecule has 0 bridgehead atoms. The molecule has 4 nitrogen and oxygen atoms in total. The van der Waals surface area contributed by atoms with Crippen LogP contribution >= 0.6 is 11.6 Å². The topological polar surface area (TPSA) is 41.3 Å². The van der Waals surface area contributed by atoms with Gasteiger partial charge in [0.2, 0.25) is 0 Å². The predicted octanol–water partition coefficient (Wildman–Crippen LogP) is 2.42. The van der Waals surface area contributed by atoms with Gasteiger partial charge >= 0.3 is 0 Å². The summed E-state index contributed by atoms with van der Waals surface area (Å²) < 4.78 is 1.81. The van der Waals surface area contributed by atoms with Gasteiger partial charge in [-0.2, -0.15) is 5.10 Å². The molecule has 0 radical (unpaired) electrons. The molecule has 1 rings (SSSR count). The van der Waals surface area contributed by atoms with Crippen LogP contribution in [0.1, 0.15) is 32.6 Å². The fourth-order valence-corrected chi connectivity index (χ4v) is 2.01. The highest BCUT2D eigenvalue weighted by Gasteiger charge is 2.25. The van der Waals surface area contributed by atoms with Crippen LogP contribution in [-0.4, -0.2) is 40.4 Å². The maximum absolute atomic E-state index is 10.4. The van der Waals surface area contributed by atoms with E-state index in [1.807, 2.05) is 25.7 Å². The summed E-state index contributed by atoms with van der Waals surface area (Å²) in [5, 5.41) is 15.2. The SMILES string of the molecule is CC(C)C(C)C(O)c1c(Cl)cnn1CCN(C)C. The van der Waals surface area contributed by atoms with Crippen molar-refractivity contribution in [3.63, 3.8) is 0 Å². The summed E-state index contributed by atoms with van der Waals surface area (Å²) >= 11 is 6.15. The van der Waals surface area contributed by atoms with Crippen LogP contribution in [0.25, 0.3) is 0 Å². The van der Waals surface area contributed by atoms with Gasteiger partial charge in [-0.25, -0.2) is 0 Å². The van der Waals surface area contributed by atoms with Crippen LogP contribution < -0.4 is 0 Å². The van der Waals surface area contributed by atoms with E-state index in [9.17, 15) is 5.11 Å². The Morgan fingerprint density at radius 3 is 2.50 bits per heavy atom. The molecule has 0 saturated heterocycles. The third kappa shape index (κ3) is 3.70. The van der Waals surface area contributed by atoms with E-state index in [1.54, 1.807) is 6.20 Å². The Hall–Kier alpha value is -0.580. The van der Waals surface area contributed by atoms with Crippen molar-refractivity contribution in [2.45, 2.75) is 33.4 Å². The van der Waals surface area contributed by atoms with E-state index in [0.717, 1.165) is 18.8 Å². The smallest absolute Gasteiger partial charge is 0.0999 e. The number of aliphatic hydroxyl groups is 1. The Bertz CT molecular complexity index is 376. The first-order valence-corrected chi connectivity index (χ1v) is 6.76. The summed E-state index contributed by atoms with van der Waals surface area (Å²) in [5.74, 6) is 0.547. The van der Waals surface area contributed by atoms with Gasteiger partial charge < -0.3 is 10.0 Å². The fourth-order valence-electron chi connectivity index (χ4n) is 1.75. The van der Waals surface area contributed by atoms with Gasteiger partial charge in [-0.05, 0) is 25.9 Å². The van der Waals surface area contributed by atoms with E-state index < -0.39 is 6.10 Å². The zero-order valence-corrected chi connectivity index (χ0v) is 12.6. The van der Waals surface area contributed by atoms with Crippen molar-refractivity contribution in [2.75, 3.05) is 20.6 Å². The maximum Gasteiger partial charge on any atom is 0.0999 e. The van der Waals surface area contributed by atoms with Crippen molar-refractivity contribution in [3.05, 3.63) is 16.9 Å². The summed E-state index contributed by atoms with van der Waals surface area (Å²) in [7, 11) is 4.02. The molecule has 0 aliphatic rings. The zero-order chi connectivity index (χ0) is 13.9. The van der Waals surface area contributed by atoms with Gasteiger partial charge in [0.05, 0.1) is 29.6 Å². The molecule has 0 aliphatic carbocycles. The second kappa shape index (κ2) is 6.55. The average Bonchev–Trinajstić information content (AvgIpc) is 2.65. The number of hydrogen-bond donors (Lipinski definition) is 1. The number of aliphatic hydroxyl groups excluding tert-OH is 1. The molecule has 18 heavy (non-hydrogen) atoms. The number of rotatable bonds is 6. The Balaban J connectivity index is 2.89. The van der Waals surface area contributed by atoms with Gasteiger partial charge in [0.1, 0.15) is 0 Å². The molecule has 0 aliphatic heterocycles. The highest BCUT2D eigenvalue weighted by molar-refractivity contribution is 6.31. The molecule has 1 aromatic heterocycles. The Morgan fingerprint density at radius 1 is 1.39 bits per heavy atom. The lowest BCUT2D eigenvalue weighted by Gasteiger charge is -2.24. The zero-order valence-electron chi connectivity index (χ0n) is 11.9. The number of halogens is 1. The van der Waals surface area contributed by atoms with E-state index in [2.05, 4.69) is 23.8 Å². The first-order chi connectivity index (χ1) is 8.34. The van der Waals surface area contributed by atoms with Crippen molar-refractivity contribution in [2.24, 2.45) is 11.8 Å².